The lowest BCUT2D eigenvalue weighted by Crippen LogP contribution is -2.28. The zero-order valence-electron chi connectivity index (χ0n) is 12.2. The molecule has 1 amide bonds. The molecule has 20 heavy (non-hydrogen) atoms. The molecule has 4 heteroatoms. The first kappa shape index (κ1) is 14.4. The second-order valence-electron chi connectivity index (χ2n) is 5.46. The van der Waals surface area contributed by atoms with Crippen molar-refractivity contribution in [3.05, 3.63) is 29.8 Å². The molecule has 106 valence electrons. The van der Waals surface area contributed by atoms with Crippen molar-refractivity contribution in [3.63, 3.8) is 0 Å². The van der Waals surface area contributed by atoms with Gasteiger partial charge in [-0.15, -0.1) is 0 Å². The number of carbonyl (C=O) groups is 1. The molecule has 1 heterocycles. The molecule has 0 aliphatic carbocycles. The van der Waals surface area contributed by atoms with Gasteiger partial charge in [0.15, 0.2) is 0 Å². The summed E-state index contributed by atoms with van der Waals surface area (Å²) in [6.45, 7) is 1.68. The third kappa shape index (κ3) is 3.30. The fourth-order valence-corrected chi connectivity index (χ4v) is 2.53. The molecule has 0 aromatic heterocycles. The highest BCUT2D eigenvalue weighted by molar-refractivity contribution is 5.78. The van der Waals surface area contributed by atoms with Crippen molar-refractivity contribution in [2.24, 2.45) is 0 Å². The van der Waals surface area contributed by atoms with Crippen LogP contribution >= 0.6 is 0 Å². The molecular weight excluding hydrogens is 250 g/mol. The number of anilines is 1. The molecule has 0 N–H and O–H groups in total. The van der Waals surface area contributed by atoms with E-state index in [1.165, 1.54) is 0 Å². The standard InChI is InChI=1S/C16H21N3O/c1-18(2)15-7-5-6-13(10-15)14(12-17)11-16(20)19-8-3-4-9-19/h5-7,10,14H,3-4,8-9,11H2,1-2H3. The van der Waals surface area contributed by atoms with Crippen molar-refractivity contribution < 1.29 is 4.79 Å². The van der Waals surface area contributed by atoms with Gasteiger partial charge in [0.25, 0.3) is 0 Å². The molecule has 0 spiro atoms. The van der Waals surface area contributed by atoms with Crippen molar-refractivity contribution in [1.82, 2.24) is 4.90 Å². The maximum Gasteiger partial charge on any atom is 0.224 e. The first-order chi connectivity index (χ1) is 9.61. The molecule has 1 fully saturated rings. The number of hydrogen-bond donors (Lipinski definition) is 0. The molecule has 1 unspecified atom stereocenters. The van der Waals surface area contributed by atoms with Gasteiger partial charge in [0.2, 0.25) is 5.91 Å². The van der Waals surface area contributed by atoms with Gasteiger partial charge in [0, 0.05) is 39.3 Å². The van der Waals surface area contributed by atoms with Crippen LogP contribution in [0.2, 0.25) is 0 Å². The average molecular weight is 271 g/mol. The van der Waals surface area contributed by atoms with Gasteiger partial charge in [-0.2, -0.15) is 5.26 Å². The summed E-state index contributed by atoms with van der Waals surface area (Å²) in [7, 11) is 3.94. The Hall–Kier alpha value is -2.02. The van der Waals surface area contributed by atoms with Crippen LogP contribution in [0.4, 0.5) is 5.69 Å². The lowest BCUT2D eigenvalue weighted by Gasteiger charge is -2.19. The van der Waals surface area contributed by atoms with E-state index < -0.39 is 0 Å². The van der Waals surface area contributed by atoms with Gasteiger partial charge in [-0.3, -0.25) is 4.79 Å². The predicted molar refractivity (Wildman–Crippen MR) is 79.6 cm³/mol. The van der Waals surface area contributed by atoms with Crippen LogP contribution < -0.4 is 4.90 Å². The van der Waals surface area contributed by atoms with Crippen molar-refractivity contribution in [2.45, 2.75) is 25.2 Å². The van der Waals surface area contributed by atoms with Crippen LogP contribution in [0.1, 0.15) is 30.7 Å². The second kappa shape index (κ2) is 6.42. The van der Waals surface area contributed by atoms with E-state index in [2.05, 4.69) is 6.07 Å². The van der Waals surface area contributed by atoms with E-state index in [0.29, 0.717) is 0 Å². The predicted octanol–water partition coefficient (Wildman–Crippen LogP) is 2.37. The fraction of sp³-hybridized carbons (Fsp3) is 0.500. The Morgan fingerprint density at radius 3 is 2.70 bits per heavy atom. The van der Waals surface area contributed by atoms with Crippen molar-refractivity contribution >= 4 is 11.6 Å². The van der Waals surface area contributed by atoms with Crippen LogP contribution in [0.5, 0.6) is 0 Å². The van der Waals surface area contributed by atoms with Crippen LogP contribution in [0.15, 0.2) is 24.3 Å². The van der Waals surface area contributed by atoms with E-state index >= 15 is 0 Å². The number of rotatable bonds is 4. The minimum absolute atomic E-state index is 0.101. The molecule has 2 rings (SSSR count). The highest BCUT2D eigenvalue weighted by atomic mass is 16.2. The van der Waals surface area contributed by atoms with Gasteiger partial charge in [0.1, 0.15) is 0 Å². The summed E-state index contributed by atoms with van der Waals surface area (Å²) in [6.07, 6.45) is 2.45. The van der Waals surface area contributed by atoms with Crippen molar-refractivity contribution in [1.29, 1.82) is 5.26 Å². The smallest absolute Gasteiger partial charge is 0.224 e. The first-order valence-electron chi connectivity index (χ1n) is 7.06. The number of nitriles is 1. The van der Waals surface area contributed by atoms with Gasteiger partial charge < -0.3 is 9.80 Å². The molecule has 1 aliphatic rings. The van der Waals surface area contributed by atoms with Crippen molar-refractivity contribution in [3.8, 4) is 6.07 Å². The van der Waals surface area contributed by atoms with E-state index in [-0.39, 0.29) is 18.2 Å². The summed E-state index contributed by atoms with van der Waals surface area (Å²) in [5.74, 6) is -0.257. The molecule has 0 bridgehead atoms. The normalized spacial score (nSPS) is 15.8. The van der Waals surface area contributed by atoms with Gasteiger partial charge in [-0.05, 0) is 30.5 Å². The molecule has 1 saturated heterocycles. The van der Waals surface area contributed by atoms with E-state index in [0.717, 1.165) is 37.2 Å². The number of hydrogen-bond acceptors (Lipinski definition) is 3. The van der Waals surface area contributed by atoms with E-state index in [9.17, 15) is 10.1 Å². The molecule has 0 radical (unpaired) electrons. The largest absolute Gasteiger partial charge is 0.378 e. The molecule has 1 aliphatic heterocycles. The maximum atomic E-state index is 12.2. The molecular formula is C16H21N3O. The van der Waals surface area contributed by atoms with Crippen molar-refractivity contribution in [2.75, 3.05) is 32.1 Å². The summed E-state index contributed by atoms with van der Waals surface area (Å²) in [6, 6.07) is 10.1. The van der Waals surface area contributed by atoms with E-state index in [1.54, 1.807) is 0 Å². The van der Waals surface area contributed by atoms with Gasteiger partial charge in [-0.25, -0.2) is 0 Å². The van der Waals surface area contributed by atoms with Gasteiger partial charge in [-0.1, -0.05) is 12.1 Å². The summed E-state index contributed by atoms with van der Waals surface area (Å²) in [5.41, 5.74) is 1.97. The van der Waals surface area contributed by atoms with Crippen LogP contribution in [0.25, 0.3) is 0 Å². The topological polar surface area (TPSA) is 47.3 Å². The number of likely N-dealkylation sites (tertiary alicyclic amines) is 1. The monoisotopic (exact) mass is 271 g/mol. The van der Waals surface area contributed by atoms with Crippen LogP contribution in [0, 0.1) is 11.3 Å². The zero-order chi connectivity index (χ0) is 14.5. The molecule has 1 atom stereocenters. The van der Waals surface area contributed by atoms with E-state index in [1.807, 2.05) is 48.2 Å². The highest BCUT2D eigenvalue weighted by Gasteiger charge is 2.22. The molecule has 1 aromatic carbocycles. The minimum atomic E-state index is -0.358. The quantitative estimate of drug-likeness (QED) is 0.844. The third-order valence-electron chi connectivity index (χ3n) is 3.78. The number of nitrogens with zero attached hydrogens (tertiary/aromatic N) is 3. The number of benzene rings is 1. The molecule has 1 aromatic rings. The zero-order valence-corrected chi connectivity index (χ0v) is 12.2. The second-order valence-corrected chi connectivity index (χ2v) is 5.46. The van der Waals surface area contributed by atoms with Crippen LogP contribution in [0.3, 0.4) is 0 Å². The Morgan fingerprint density at radius 1 is 1.40 bits per heavy atom. The third-order valence-corrected chi connectivity index (χ3v) is 3.78. The van der Waals surface area contributed by atoms with Crippen LogP contribution in [-0.2, 0) is 4.79 Å². The SMILES string of the molecule is CN(C)c1cccc(C(C#N)CC(=O)N2CCCC2)c1. The summed E-state index contributed by atoms with van der Waals surface area (Å²) >= 11 is 0. The number of carbonyl (C=O) groups excluding carboxylic acids is 1. The maximum absolute atomic E-state index is 12.2. The average Bonchev–Trinajstić information content (AvgIpc) is 2.99. The Morgan fingerprint density at radius 2 is 2.10 bits per heavy atom. The summed E-state index contributed by atoms with van der Waals surface area (Å²) in [4.78, 5) is 16.0. The van der Waals surface area contributed by atoms with Gasteiger partial charge >= 0.3 is 0 Å². The van der Waals surface area contributed by atoms with E-state index in [4.69, 9.17) is 0 Å². The minimum Gasteiger partial charge on any atom is -0.378 e. The van der Waals surface area contributed by atoms with Gasteiger partial charge in [0.05, 0.1) is 12.0 Å². The summed E-state index contributed by atoms with van der Waals surface area (Å²) in [5, 5.41) is 9.37. The van der Waals surface area contributed by atoms with Crippen LogP contribution in [-0.4, -0.2) is 38.0 Å². The molecule has 4 nitrogen and oxygen atoms in total. The first-order valence-corrected chi connectivity index (χ1v) is 7.06. The Kier molecular flexibility index (Phi) is 4.62. The lowest BCUT2D eigenvalue weighted by atomic mass is 9.96. The summed E-state index contributed by atoms with van der Waals surface area (Å²) < 4.78 is 0. The highest BCUT2D eigenvalue weighted by Crippen LogP contribution is 2.24. The Balaban J connectivity index is 2.10. The Labute approximate surface area is 120 Å². The lowest BCUT2D eigenvalue weighted by molar-refractivity contribution is -0.130. The molecule has 0 saturated carbocycles. The Bertz CT molecular complexity index is 513. The fourth-order valence-electron chi connectivity index (χ4n) is 2.53. The number of amides is 1.